The molecule has 3 heterocycles. The van der Waals surface area contributed by atoms with Crippen LogP contribution in [0.25, 0.3) is 17.2 Å². The predicted molar refractivity (Wildman–Crippen MR) is 117 cm³/mol. The zero-order valence-electron chi connectivity index (χ0n) is 16.9. The molecular weight excluding hydrogens is 378 g/mol. The van der Waals surface area contributed by atoms with Crippen molar-refractivity contribution in [3.63, 3.8) is 0 Å². The Labute approximate surface area is 175 Å². The zero-order chi connectivity index (χ0) is 20.8. The molecule has 0 spiro atoms. The minimum Gasteiger partial charge on any atom is -0.382 e. The van der Waals surface area contributed by atoms with E-state index in [0.29, 0.717) is 11.3 Å². The molecule has 4 rings (SSSR count). The van der Waals surface area contributed by atoms with E-state index in [9.17, 15) is 4.79 Å². The highest BCUT2D eigenvalue weighted by molar-refractivity contribution is 5.91. The summed E-state index contributed by atoms with van der Waals surface area (Å²) >= 11 is 0. The second-order valence-electron chi connectivity index (χ2n) is 7.59. The fourth-order valence-electron chi connectivity index (χ4n) is 3.81. The largest absolute Gasteiger partial charge is 0.382 e. The first-order valence-electron chi connectivity index (χ1n) is 10.4. The second-order valence-corrected chi connectivity index (χ2v) is 7.59. The molecule has 0 bridgehead atoms. The van der Waals surface area contributed by atoms with Crippen molar-refractivity contribution >= 4 is 29.0 Å². The SMILES string of the molecule is Nc1ncnc2c1ncn2CCCN1CCC(NC(=O)/C=C/c2ccccc2)CC1. The van der Waals surface area contributed by atoms with E-state index < -0.39 is 0 Å². The van der Waals surface area contributed by atoms with Crippen molar-refractivity contribution in [2.24, 2.45) is 0 Å². The first-order chi connectivity index (χ1) is 14.7. The number of nitrogens with zero attached hydrogens (tertiary/aromatic N) is 5. The standard InChI is InChI=1S/C22H27N7O/c23-21-20-22(25-15-24-21)29(16-26-20)12-4-11-28-13-9-18(10-14-28)27-19(30)8-7-17-5-2-1-3-6-17/h1-3,5-8,15-16,18H,4,9-14H2,(H,27,30)(H2,23,24,25)/b8-7+. The van der Waals surface area contributed by atoms with E-state index in [0.717, 1.165) is 56.7 Å². The Bertz CT molecular complexity index is 1010. The van der Waals surface area contributed by atoms with Crippen molar-refractivity contribution in [1.29, 1.82) is 0 Å². The first kappa shape index (κ1) is 20.0. The Morgan fingerprint density at radius 1 is 1.13 bits per heavy atom. The van der Waals surface area contributed by atoms with E-state index in [2.05, 4.69) is 25.2 Å². The molecule has 0 saturated carbocycles. The molecule has 1 aliphatic rings. The zero-order valence-corrected chi connectivity index (χ0v) is 16.9. The van der Waals surface area contributed by atoms with Crippen molar-refractivity contribution in [3.05, 3.63) is 54.6 Å². The number of hydrogen-bond donors (Lipinski definition) is 2. The summed E-state index contributed by atoms with van der Waals surface area (Å²) in [4.78, 5) is 27.2. The molecule has 0 aliphatic carbocycles. The quantitative estimate of drug-likeness (QED) is 0.584. The molecule has 1 aromatic carbocycles. The summed E-state index contributed by atoms with van der Waals surface area (Å²) in [7, 11) is 0. The van der Waals surface area contributed by atoms with Gasteiger partial charge in [-0.15, -0.1) is 0 Å². The van der Waals surface area contributed by atoms with Gasteiger partial charge in [-0.2, -0.15) is 0 Å². The molecule has 30 heavy (non-hydrogen) atoms. The summed E-state index contributed by atoms with van der Waals surface area (Å²) in [6, 6.07) is 10.1. The number of piperidine rings is 1. The molecule has 1 saturated heterocycles. The molecule has 3 aromatic rings. The van der Waals surface area contributed by atoms with Crippen LogP contribution < -0.4 is 11.1 Å². The van der Waals surface area contributed by atoms with Crippen LogP contribution in [0.5, 0.6) is 0 Å². The number of hydrogen-bond acceptors (Lipinski definition) is 6. The van der Waals surface area contributed by atoms with Gasteiger partial charge in [-0.1, -0.05) is 30.3 Å². The summed E-state index contributed by atoms with van der Waals surface area (Å²) in [5.74, 6) is 0.395. The van der Waals surface area contributed by atoms with Crippen LogP contribution in [-0.2, 0) is 11.3 Å². The van der Waals surface area contributed by atoms with E-state index in [1.54, 1.807) is 12.4 Å². The monoisotopic (exact) mass is 405 g/mol. The Kier molecular flexibility index (Phi) is 6.34. The highest BCUT2D eigenvalue weighted by Crippen LogP contribution is 2.15. The van der Waals surface area contributed by atoms with Gasteiger partial charge in [-0.25, -0.2) is 15.0 Å². The number of nitrogen functional groups attached to an aromatic ring is 1. The van der Waals surface area contributed by atoms with Gasteiger partial charge in [0.15, 0.2) is 11.5 Å². The number of anilines is 1. The Morgan fingerprint density at radius 2 is 1.93 bits per heavy atom. The van der Waals surface area contributed by atoms with Crippen molar-refractivity contribution < 1.29 is 4.79 Å². The normalized spacial score (nSPS) is 15.7. The smallest absolute Gasteiger partial charge is 0.244 e. The van der Waals surface area contributed by atoms with Gasteiger partial charge in [0.25, 0.3) is 0 Å². The number of carbonyl (C=O) groups is 1. The maximum Gasteiger partial charge on any atom is 0.244 e. The molecule has 0 atom stereocenters. The second kappa shape index (κ2) is 9.49. The lowest BCUT2D eigenvalue weighted by Gasteiger charge is -2.32. The highest BCUT2D eigenvalue weighted by Gasteiger charge is 2.19. The highest BCUT2D eigenvalue weighted by atomic mass is 16.1. The number of carbonyl (C=O) groups excluding carboxylic acids is 1. The van der Waals surface area contributed by atoms with Gasteiger partial charge < -0.3 is 20.5 Å². The number of fused-ring (bicyclic) bond motifs is 1. The third-order valence-electron chi connectivity index (χ3n) is 5.46. The predicted octanol–water partition coefficient (Wildman–Crippen LogP) is 2.09. The van der Waals surface area contributed by atoms with Crippen molar-refractivity contribution in [3.8, 4) is 0 Å². The fraction of sp³-hybridized carbons (Fsp3) is 0.364. The lowest BCUT2D eigenvalue weighted by Crippen LogP contribution is -2.44. The molecule has 1 aliphatic heterocycles. The van der Waals surface area contributed by atoms with Gasteiger partial charge in [0.2, 0.25) is 5.91 Å². The molecule has 8 nitrogen and oxygen atoms in total. The molecule has 3 N–H and O–H groups in total. The number of amides is 1. The van der Waals surface area contributed by atoms with Gasteiger partial charge in [0.1, 0.15) is 11.8 Å². The molecular formula is C22H27N7O. The van der Waals surface area contributed by atoms with Gasteiger partial charge in [0.05, 0.1) is 6.33 Å². The minimum absolute atomic E-state index is 0.0226. The summed E-state index contributed by atoms with van der Waals surface area (Å²) in [6.07, 6.45) is 9.68. The number of imidazole rings is 1. The molecule has 8 heteroatoms. The number of likely N-dealkylation sites (tertiary alicyclic amines) is 1. The number of nitrogens with two attached hydrogens (primary N) is 1. The summed E-state index contributed by atoms with van der Waals surface area (Å²) in [6.45, 7) is 3.84. The average molecular weight is 406 g/mol. The van der Waals surface area contributed by atoms with Crippen molar-refractivity contribution in [1.82, 2.24) is 29.7 Å². The van der Waals surface area contributed by atoms with E-state index in [1.165, 1.54) is 6.33 Å². The third-order valence-corrected chi connectivity index (χ3v) is 5.46. The van der Waals surface area contributed by atoms with Crippen molar-refractivity contribution in [2.75, 3.05) is 25.4 Å². The Hall–Kier alpha value is -3.26. The maximum absolute atomic E-state index is 12.2. The van der Waals surface area contributed by atoms with Gasteiger partial charge in [-0.3, -0.25) is 4.79 Å². The number of rotatable bonds is 7. The van der Waals surface area contributed by atoms with Crippen LogP contribution in [0.15, 0.2) is 49.1 Å². The Morgan fingerprint density at radius 3 is 2.73 bits per heavy atom. The summed E-state index contributed by atoms with van der Waals surface area (Å²) < 4.78 is 2.03. The van der Waals surface area contributed by atoms with Crippen LogP contribution in [0, 0.1) is 0 Å². The van der Waals surface area contributed by atoms with Crippen LogP contribution in [-0.4, -0.2) is 56.0 Å². The molecule has 1 amide bonds. The van der Waals surface area contributed by atoms with Crippen LogP contribution >= 0.6 is 0 Å². The molecule has 2 aromatic heterocycles. The van der Waals surface area contributed by atoms with Crippen LogP contribution in [0.2, 0.25) is 0 Å². The van der Waals surface area contributed by atoms with E-state index >= 15 is 0 Å². The van der Waals surface area contributed by atoms with Crippen molar-refractivity contribution in [2.45, 2.75) is 31.8 Å². The topological polar surface area (TPSA) is 102 Å². The lowest BCUT2D eigenvalue weighted by atomic mass is 10.0. The third kappa shape index (κ3) is 5.01. The summed E-state index contributed by atoms with van der Waals surface area (Å²) in [5.41, 5.74) is 8.32. The number of aromatic nitrogens is 4. The number of aryl methyl sites for hydroxylation is 1. The van der Waals surface area contributed by atoms with E-state index in [-0.39, 0.29) is 11.9 Å². The van der Waals surface area contributed by atoms with Crippen LogP contribution in [0.1, 0.15) is 24.8 Å². The summed E-state index contributed by atoms with van der Waals surface area (Å²) in [5, 5.41) is 3.12. The number of nitrogens with one attached hydrogen (secondary N) is 1. The van der Waals surface area contributed by atoms with Crippen LogP contribution in [0.3, 0.4) is 0 Å². The molecule has 0 unspecified atom stereocenters. The van der Waals surface area contributed by atoms with Gasteiger partial charge >= 0.3 is 0 Å². The maximum atomic E-state index is 12.2. The van der Waals surface area contributed by atoms with E-state index in [1.807, 2.05) is 41.0 Å². The van der Waals surface area contributed by atoms with Gasteiger partial charge in [-0.05, 0) is 37.4 Å². The van der Waals surface area contributed by atoms with E-state index in [4.69, 9.17) is 5.73 Å². The first-order valence-corrected chi connectivity index (χ1v) is 10.4. The average Bonchev–Trinajstić information content (AvgIpc) is 3.19. The van der Waals surface area contributed by atoms with Gasteiger partial charge in [0, 0.05) is 31.8 Å². The molecule has 156 valence electrons. The fourth-order valence-corrected chi connectivity index (χ4v) is 3.81. The number of benzene rings is 1. The lowest BCUT2D eigenvalue weighted by molar-refractivity contribution is -0.117. The Balaban J connectivity index is 1.18. The van der Waals surface area contributed by atoms with Crippen LogP contribution in [0.4, 0.5) is 5.82 Å². The molecule has 1 fully saturated rings. The minimum atomic E-state index is -0.0226. The molecule has 0 radical (unpaired) electrons.